The number of fused-ring (bicyclic) bond motifs is 1. The number of carbonyl (C=O) groups is 2. The predicted molar refractivity (Wildman–Crippen MR) is 140 cm³/mol. The molecule has 1 aromatic heterocycles. The van der Waals surface area contributed by atoms with Crippen LogP contribution in [-0.4, -0.2) is 20.6 Å². The zero-order chi connectivity index (χ0) is 24.0. The molecule has 34 heavy (non-hydrogen) atoms. The van der Waals surface area contributed by atoms with Crippen molar-refractivity contribution in [2.75, 3.05) is 0 Å². The number of halogens is 1. The number of aromatic nitrogens is 1. The van der Waals surface area contributed by atoms with Gasteiger partial charge in [-0.15, -0.1) is 0 Å². The van der Waals surface area contributed by atoms with Gasteiger partial charge in [-0.3, -0.25) is 14.5 Å². The first-order chi connectivity index (χ1) is 16.3. The summed E-state index contributed by atoms with van der Waals surface area (Å²) in [4.78, 5) is 27.8. The van der Waals surface area contributed by atoms with E-state index >= 15 is 0 Å². The molecule has 0 atom stereocenters. The van der Waals surface area contributed by atoms with E-state index in [1.807, 2.05) is 93.6 Å². The van der Waals surface area contributed by atoms with Crippen LogP contribution in [-0.2, 0) is 11.3 Å². The first kappa shape index (κ1) is 22.5. The van der Waals surface area contributed by atoms with E-state index in [1.165, 1.54) is 4.90 Å². The maximum absolute atomic E-state index is 13.2. The van der Waals surface area contributed by atoms with Crippen LogP contribution in [0, 0.1) is 20.8 Å². The van der Waals surface area contributed by atoms with Gasteiger partial charge in [0.05, 0.1) is 11.4 Å². The summed E-state index contributed by atoms with van der Waals surface area (Å²) in [7, 11) is 0. The van der Waals surface area contributed by atoms with Gasteiger partial charge in [-0.05, 0) is 84.3 Å². The van der Waals surface area contributed by atoms with Crippen molar-refractivity contribution in [3.05, 3.63) is 105 Å². The van der Waals surface area contributed by atoms with Gasteiger partial charge in [-0.1, -0.05) is 60.1 Å². The molecule has 6 heteroatoms. The molecule has 1 aliphatic heterocycles. The average Bonchev–Trinajstić information content (AvgIpc) is 3.24. The number of imide groups is 1. The van der Waals surface area contributed by atoms with E-state index in [0.29, 0.717) is 9.93 Å². The van der Waals surface area contributed by atoms with Crippen molar-refractivity contribution < 1.29 is 9.59 Å². The largest absolute Gasteiger partial charge is 0.318 e. The maximum atomic E-state index is 13.2. The molecule has 0 radical (unpaired) electrons. The summed E-state index contributed by atoms with van der Waals surface area (Å²) < 4.78 is 2.13. The van der Waals surface area contributed by atoms with E-state index in [4.69, 9.17) is 11.6 Å². The number of thioether (sulfide) groups is 1. The monoisotopic (exact) mass is 486 g/mol. The highest BCUT2D eigenvalue weighted by molar-refractivity contribution is 8.18. The van der Waals surface area contributed by atoms with E-state index in [2.05, 4.69) is 4.57 Å². The first-order valence-electron chi connectivity index (χ1n) is 11.0. The van der Waals surface area contributed by atoms with Crippen molar-refractivity contribution in [2.24, 2.45) is 0 Å². The molecule has 4 nitrogen and oxygen atoms in total. The Morgan fingerprint density at radius 3 is 2.53 bits per heavy atom. The molecule has 0 unspecified atom stereocenters. The topological polar surface area (TPSA) is 42.3 Å². The van der Waals surface area contributed by atoms with E-state index in [0.717, 1.165) is 56.3 Å². The lowest BCUT2D eigenvalue weighted by Crippen LogP contribution is -2.27. The zero-order valence-electron chi connectivity index (χ0n) is 19.1. The van der Waals surface area contributed by atoms with Crippen LogP contribution in [0.5, 0.6) is 0 Å². The van der Waals surface area contributed by atoms with Gasteiger partial charge in [0, 0.05) is 22.1 Å². The minimum atomic E-state index is -0.258. The Balaban J connectivity index is 1.47. The molecule has 0 bridgehead atoms. The summed E-state index contributed by atoms with van der Waals surface area (Å²) in [6, 6.07) is 21.8. The van der Waals surface area contributed by atoms with Crippen LogP contribution < -0.4 is 0 Å². The minimum absolute atomic E-state index is 0.247. The minimum Gasteiger partial charge on any atom is -0.318 e. The second-order valence-electron chi connectivity index (χ2n) is 8.50. The lowest BCUT2D eigenvalue weighted by atomic mass is 10.0. The predicted octanol–water partition coefficient (Wildman–Crippen LogP) is 7.45. The number of hydrogen-bond donors (Lipinski definition) is 0. The molecule has 0 aliphatic carbocycles. The van der Waals surface area contributed by atoms with E-state index in [-0.39, 0.29) is 17.7 Å². The first-order valence-corrected chi connectivity index (χ1v) is 12.2. The highest BCUT2D eigenvalue weighted by atomic mass is 35.5. The number of amides is 2. The molecule has 2 amide bonds. The maximum Gasteiger partial charge on any atom is 0.293 e. The fourth-order valence-corrected chi connectivity index (χ4v) is 5.50. The van der Waals surface area contributed by atoms with Crippen LogP contribution >= 0.6 is 23.4 Å². The Morgan fingerprint density at radius 2 is 1.71 bits per heavy atom. The van der Waals surface area contributed by atoms with Gasteiger partial charge < -0.3 is 4.57 Å². The van der Waals surface area contributed by atoms with Crippen molar-refractivity contribution in [2.45, 2.75) is 27.3 Å². The molecular formula is C28H23ClN2O2S. The van der Waals surface area contributed by atoms with Crippen molar-refractivity contribution >= 4 is 51.4 Å². The standard InChI is InChI=1S/C28H23ClN2O2S/c1-17-11-12-23(29)15-25(17)31-18(2)13-22(19(31)3)14-26-27(32)30(28(33)34-26)16-21-9-6-8-20-7-4-5-10-24(20)21/h4-15H,16H2,1-3H3/b26-14+. The third kappa shape index (κ3) is 3.95. The molecule has 5 rings (SSSR count). The van der Waals surface area contributed by atoms with Gasteiger partial charge in [-0.25, -0.2) is 0 Å². The third-order valence-electron chi connectivity index (χ3n) is 6.25. The molecule has 0 saturated carbocycles. The van der Waals surface area contributed by atoms with Gasteiger partial charge in [0.25, 0.3) is 11.1 Å². The van der Waals surface area contributed by atoms with E-state index < -0.39 is 0 Å². The number of nitrogens with zero attached hydrogens (tertiary/aromatic N) is 2. The molecular weight excluding hydrogens is 464 g/mol. The molecule has 1 fully saturated rings. The summed E-state index contributed by atoms with van der Waals surface area (Å²) in [5.41, 5.74) is 6.00. The van der Waals surface area contributed by atoms with Crippen LogP contribution in [0.1, 0.15) is 28.1 Å². The molecule has 1 saturated heterocycles. The van der Waals surface area contributed by atoms with Crippen LogP contribution in [0.2, 0.25) is 5.02 Å². The average molecular weight is 487 g/mol. The number of rotatable bonds is 4. The van der Waals surface area contributed by atoms with Crippen molar-refractivity contribution in [1.82, 2.24) is 9.47 Å². The van der Waals surface area contributed by atoms with E-state index in [9.17, 15) is 9.59 Å². The Hall–Kier alpha value is -3.28. The fraction of sp³-hybridized carbons (Fsp3) is 0.143. The number of aryl methyl sites for hydroxylation is 2. The van der Waals surface area contributed by atoms with Gasteiger partial charge in [0.2, 0.25) is 0 Å². The third-order valence-corrected chi connectivity index (χ3v) is 7.39. The van der Waals surface area contributed by atoms with Crippen molar-refractivity contribution in [3.63, 3.8) is 0 Å². The molecule has 2 heterocycles. The van der Waals surface area contributed by atoms with Crippen LogP contribution in [0.25, 0.3) is 22.5 Å². The SMILES string of the molecule is Cc1ccc(Cl)cc1-n1c(C)cc(/C=C2/SC(=O)N(Cc3cccc4ccccc34)C2=O)c1C. The number of carbonyl (C=O) groups excluding carboxylic acids is 2. The Morgan fingerprint density at radius 1 is 0.941 bits per heavy atom. The summed E-state index contributed by atoms with van der Waals surface area (Å²) in [5.74, 6) is -0.258. The van der Waals surface area contributed by atoms with Crippen LogP contribution in [0.3, 0.4) is 0 Å². The molecule has 170 valence electrons. The number of benzene rings is 3. The van der Waals surface area contributed by atoms with Crippen LogP contribution in [0.4, 0.5) is 4.79 Å². The lowest BCUT2D eigenvalue weighted by molar-refractivity contribution is -0.123. The highest BCUT2D eigenvalue weighted by Crippen LogP contribution is 2.36. The smallest absolute Gasteiger partial charge is 0.293 e. The zero-order valence-corrected chi connectivity index (χ0v) is 20.7. The summed E-state index contributed by atoms with van der Waals surface area (Å²) in [6.07, 6.45) is 1.83. The highest BCUT2D eigenvalue weighted by Gasteiger charge is 2.35. The number of hydrogen-bond acceptors (Lipinski definition) is 3. The summed E-state index contributed by atoms with van der Waals surface area (Å²) in [6.45, 7) is 6.34. The van der Waals surface area contributed by atoms with Gasteiger partial charge in [0.1, 0.15) is 0 Å². The molecule has 0 N–H and O–H groups in total. The Kier molecular flexibility index (Phi) is 5.84. The lowest BCUT2D eigenvalue weighted by Gasteiger charge is -2.14. The molecule has 0 spiro atoms. The second-order valence-corrected chi connectivity index (χ2v) is 9.93. The second kappa shape index (κ2) is 8.82. The molecule has 1 aliphatic rings. The Bertz CT molecular complexity index is 1500. The Labute approximate surface area is 207 Å². The summed E-state index contributed by atoms with van der Waals surface area (Å²) >= 11 is 7.25. The summed E-state index contributed by atoms with van der Waals surface area (Å²) in [5, 5.41) is 2.56. The van der Waals surface area contributed by atoms with Gasteiger partial charge in [-0.2, -0.15) is 0 Å². The van der Waals surface area contributed by atoms with Crippen LogP contribution in [0.15, 0.2) is 71.6 Å². The van der Waals surface area contributed by atoms with E-state index in [1.54, 1.807) is 0 Å². The normalized spacial score (nSPS) is 15.2. The van der Waals surface area contributed by atoms with Crippen molar-refractivity contribution in [3.8, 4) is 5.69 Å². The van der Waals surface area contributed by atoms with Crippen molar-refractivity contribution in [1.29, 1.82) is 0 Å². The van der Waals surface area contributed by atoms with Gasteiger partial charge >= 0.3 is 0 Å². The molecule has 4 aromatic rings. The fourth-order valence-electron chi connectivity index (χ4n) is 4.51. The van der Waals surface area contributed by atoms with Gasteiger partial charge in [0.15, 0.2) is 0 Å². The molecule has 3 aromatic carbocycles. The quantitative estimate of drug-likeness (QED) is 0.281.